The van der Waals surface area contributed by atoms with Crippen LogP contribution in [-0.2, 0) is 17.7 Å². The molecule has 10 nitrogen and oxygen atoms in total. The second-order valence-corrected chi connectivity index (χ2v) is 13.6. The first-order valence-electron chi connectivity index (χ1n) is 16.0. The number of amides is 1. The number of phenols is 1. The van der Waals surface area contributed by atoms with Gasteiger partial charge in [0.2, 0.25) is 0 Å². The van der Waals surface area contributed by atoms with Crippen molar-refractivity contribution in [1.29, 1.82) is 0 Å². The molecule has 0 bridgehead atoms. The minimum absolute atomic E-state index is 0.0314. The fraction of sp³-hybridized carbons (Fsp3) is 0.371. The number of aliphatic hydroxyl groups is 1. The second-order valence-electron chi connectivity index (χ2n) is 12.6. The molecule has 1 atom stereocenters. The Labute approximate surface area is 274 Å². The zero-order valence-electron chi connectivity index (χ0n) is 25.9. The Bertz CT molecular complexity index is 1960. The van der Waals surface area contributed by atoms with Crippen molar-refractivity contribution in [2.45, 2.75) is 37.5 Å². The molecule has 2 aliphatic rings. The van der Waals surface area contributed by atoms with E-state index < -0.39 is 6.10 Å². The highest BCUT2D eigenvalue weighted by atomic mass is 32.1. The molecule has 47 heavy (non-hydrogen) atoms. The Hall–Kier alpha value is -4.07. The van der Waals surface area contributed by atoms with E-state index >= 15 is 0 Å². The highest BCUT2D eigenvalue weighted by molar-refractivity contribution is 7.16. The Morgan fingerprint density at radius 1 is 1.11 bits per heavy atom. The first-order chi connectivity index (χ1) is 22.8. The van der Waals surface area contributed by atoms with Crippen LogP contribution in [-0.4, -0.2) is 87.4 Å². The maximum Gasteiger partial charge on any atom is 0.305 e. The molecule has 246 valence electrons. The summed E-state index contributed by atoms with van der Waals surface area (Å²) in [6, 6.07) is 16.0. The summed E-state index contributed by atoms with van der Waals surface area (Å²) in [4.78, 5) is 35.1. The third-order valence-electron chi connectivity index (χ3n) is 9.43. The van der Waals surface area contributed by atoms with Gasteiger partial charge in [-0.25, -0.2) is 4.39 Å². The number of rotatable bonds is 9. The molecule has 5 aromatic rings. The standard InChI is InChI=1S/C35H38FN5O5S/c36-24-17-22(6-10-37-19-30(43)27-4-5-29(42)31-32(27)47-34(45)39-31)16-23(18-24)20-40-12-8-35(9-13-40)21-41(14-15-46-35)33(44)26-2-1-3-28-25(26)7-11-38-28/h1-5,7,11,16-18,30,37-38,42-43H,6,8-10,12-15,19-21H2,(H,39,45). The number of ether oxygens (including phenoxy) is 1. The van der Waals surface area contributed by atoms with Gasteiger partial charge in [-0.05, 0) is 73.3 Å². The summed E-state index contributed by atoms with van der Waals surface area (Å²) in [6.07, 6.45) is 3.16. The maximum atomic E-state index is 14.7. The Morgan fingerprint density at radius 2 is 1.94 bits per heavy atom. The number of aliphatic hydroxyl groups excluding tert-OH is 1. The number of hydrogen-bond donors (Lipinski definition) is 5. The van der Waals surface area contributed by atoms with E-state index in [1.807, 2.05) is 41.4 Å². The van der Waals surface area contributed by atoms with Crippen LogP contribution < -0.4 is 10.2 Å². The van der Waals surface area contributed by atoms with Crippen molar-refractivity contribution in [3.63, 3.8) is 0 Å². The number of nitrogens with one attached hydrogen (secondary N) is 3. The van der Waals surface area contributed by atoms with Crippen LogP contribution in [0.2, 0.25) is 0 Å². The maximum absolute atomic E-state index is 14.7. The molecule has 2 aliphatic heterocycles. The number of aromatic amines is 2. The summed E-state index contributed by atoms with van der Waals surface area (Å²) in [6.45, 7) is 4.64. The zero-order chi connectivity index (χ0) is 32.5. The number of hydrogen-bond acceptors (Lipinski definition) is 8. The van der Waals surface area contributed by atoms with E-state index in [1.54, 1.807) is 18.2 Å². The van der Waals surface area contributed by atoms with Gasteiger partial charge in [0.1, 0.15) is 17.1 Å². The van der Waals surface area contributed by atoms with Crippen molar-refractivity contribution in [3.8, 4) is 5.75 Å². The predicted molar refractivity (Wildman–Crippen MR) is 179 cm³/mol. The van der Waals surface area contributed by atoms with Gasteiger partial charge < -0.3 is 35.1 Å². The lowest BCUT2D eigenvalue weighted by molar-refractivity contribution is -0.127. The molecule has 4 heterocycles. The molecule has 2 aromatic heterocycles. The fourth-order valence-corrected chi connectivity index (χ4v) is 7.89. The van der Waals surface area contributed by atoms with Crippen LogP contribution in [0, 0.1) is 5.82 Å². The molecule has 1 unspecified atom stereocenters. The normalized spacial score (nSPS) is 17.5. The van der Waals surface area contributed by atoms with Crippen molar-refractivity contribution in [2.75, 3.05) is 45.9 Å². The van der Waals surface area contributed by atoms with Crippen molar-refractivity contribution in [1.82, 2.24) is 25.1 Å². The van der Waals surface area contributed by atoms with E-state index in [0.29, 0.717) is 60.6 Å². The highest BCUT2D eigenvalue weighted by Gasteiger charge is 2.41. The summed E-state index contributed by atoms with van der Waals surface area (Å²) >= 11 is 0.954. The number of morpholine rings is 1. The van der Waals surface area contributed by atoms with Gasteiger partial charge in [-0.2, -0.15) is 0 Å². The van der Waals surface area contributed by atoms with Crippen LogP contribution in [0.15, 0.2) is 65.6 Å². The molecule has 12 heteroatoms. The Morgan fingerprint density at radius 3 is 2.79 bits per heavy atom. The number of halogens is 1. The molecule has 5 N–H and O–H groups in total. The fourth-order valence-electron chi connectivity index (χ4n) is 6.98. The van der Waals surface area contributed by atoms with Crippen LogP contribution in [0.3, 0.4) is 0 Å². The molecule has 7 rings (SSSR count). The number of carbonyl (C=O) groups excluding carboxylic acids is 1. The molecule has 0 radical (unpaired) electrons. The van der Waals surface area contributed by atoms with Crippen LogP contribution in [0.5, 0.6) is 5.75 Å². The second kappa shape index (κ2) is 13.2. The number of thiazole rings is 1. The lowest BCUT2D eigenvalue weighted by Gasteiger charge is -2.47. The number of aromatic hydroxyl groups is 1. The van der Waals surface area contributed by atoms with Gasteiger partial charge in [0.05, 0.1) is 29.6 Å². The van der Waals surface area contributed by atoms with E-state index in [0.717, 1.165) is 59.3 Å². The average molecular weight is 660 g/mol. The van der Waals surface area contributed by atoms with Crippen molar-refractivity contribution < 1.29 is 24.1 Å². The first kappa shape index (κ1) is 31.5. The molecular weight excluding hydrogens is 621 g/mol. The molecule has 2 fully saturated rings. The van der Waals surface area contributed by atoms with Gasteiger partial charge in [-0.1, -0.05) is 29.5 Å². The van der Waals surface area contributed by atoms with E-state index in [1.165, 1.54) is 6.07 Å². The van der Waals surface area contributed by atoms with Crippen molar-refractivity contribution in [2.24, 2.45) is 0 Å². The number of fused-ring (bicyclic) bond motifs is 2. The third kappa shape index (κ3) is 6.69. The summed E-state index contributed by atoms with van der Waals surface area (Å²) in [5.74, 6) is -0.272. The van der Waals surface area contributed by atoms with E-state index in [9.17, 15) is 24.2 Å². The summed E-state index contributed by atoms with van der Waals surface area (Å²) in [7, 11) is 0. The van der Waals surface area contributed by atoms with Crippen LogP contribution in [0.1, 0.15) is 46.0 Å². The quantitative estimate of drug-likeness (QED) is 0.149. The minimum Gasteiger partial charge on any atom is -0.506 e. The topological polar surface area (TPSA) is 134 Å². The number of piperidine rings is 1. The third-order valence-corrected chi connectivity index (χ3v) is 10.4. The van der Waals surface area contributed by atoms with Gasteiger partial charge in [-0.15, -0.1) is 0 Å². The summed E-state index contributed by atoms with van der Waals surface area (Å²) < 4.78 is 21.5. The number of nitrogens with zero attached hydrogens (tertiary/aromatic N) is 2. The van der Waals surface area contributed by atoms with E-state index in [-0.39, 0.29) is 34.5 Å². The Kier molecular flexibility index (Phi) is 8.86. The lowest BCUT2D eigenvalue weighted by atomic mass is 9.88. The molecular formula is C35H38FN5O5S. The molecule has 1 amide bonds. The Balaban J connectivity index is 0.912. The summed E-state index contributed by atoms with van der Waals surface area (Å²) in [5.41, 5.74) is 3.97. The SMILES string of the molecule is O=C(c1cccc2[nH]ccc12)N1CCOC2(CCN(Cc3cc(F)cc(CCNCC(O)c4ccc(O)c5[nH]c(=O)sc45)c3)CC2)C1. The summed E-state index contributed by atoms with van der Waals surface area (Å²) in [5, 5.41) is 24.9. The molecule has 2 saturated heterocycles. The lowest BCUT2D eigenvalue weighted by Crippen LogP contribution is -2.57. The zero-order valence-corrected chi connectivity index (χ0v) is 26.7. The van der Waals surface area contributed by atoms with Gasteiger partial charge in [-0.3, -0.25) is 14.5 Å². The first-order valence-corrected chi connectivity index (χ1v) is 16.8. The number of H-pyrrole nitrogens is 2. The monoisotopic (exact) mass is 659 g/mol. The number of carbonyl (C=O) groups is 1. The number of benzene rings is 3. The number of phenolic OH excluding ortho intramolecular Hbond substituents is 1. The molecule has 0 saturated carbocycles. The van der Waals surface area contributed by atoms with E-state index in [2.05, 4.69) is 20.2 Å². The van der Waals surface area contributed by atoms with Gasteiger partial charge in [0.15, 0.2) is 0 Å². The van der Waals surface area contributed by atoms with Crippen LogP contribution >= 0.6 is 11.3 Å². The van der Waals surface area contributed by atoms with Gasteiger partial charge >= 0.3 is 4.87 Å². The number of likely N-dealkylation sites (tertiary alicyclic amines) is 1. The predicted octanol–water partition coefficient (Wildman–Crippen LogP) is 4.29. The minimum atomic E-state index is -0.873. The molecule has 1 spiro atoms. The van der Waals surface area contributed by atoms with Crippen LogP contribution in [0.4, 0.5) is 4.39 Å². The van der Waals surface area contributed by atoms with Crippen LogP contribution in [0.25, 0.3) is 21.1 Å². The average Bonchev–Trinajstić information content (AvgIpc) is 3.71. The highest BCUT2D eigenvalue weighted by Crippen LogP contribution is 2.33. The number of aromatic nitrogens is 2. The smallest absolute Gasteiger partial charge is 0.305 e. The molecule has 3 aromatic carbocycles. The molecule has 0 aliphatic carbocycles. The van der Waals surface area contributed by atoms with Crippen molar-refractivity contribution in [3.05, 3.63) is 98.5 Å². The van der Waals surface area contributed by atoms with E-state index in [4.69, 9.17) is 4.74 Å². The van der Waals surface area contributed by atoms with Crippen molar-refractivity contribution >= 4 is 38.4 Å². The largest absolute Gasteiger partial charge is 0.506 e. The van der Waals surface area contributed by atoms with Gasteiger partial charge in [0, 0.05) is 61.0 Å². The van der Waals surface area contributed by atoms with Gasteiger partial charge in [0.25, 0.3) is 5.91 Å².